The number of rotatable bonds is 9. The highest BCUT2D eigenvalue weighted by Gasteiger charge is 2.17. The van der Waals surface area contributed by atoms with Crippen molar-refractivity contribution < 1.29 is 9.53 Å². The van der Waals surface area contributed by atoms with Gasteiger partial charge in [-0.25, -0.2) is 0 Å². The fourth-order valence-corrected chi connectivity index (χ4v) is 4.83. The lowest BCUT2D eigenvalue weighted by Gasteiger charge is -2.11. The minimum absolute atomic E-state index is 0.0906. The van der Waals surface area contributed by atoms with Gasteiger partial charge in [-0.1, -0.05) is 66.4 Å². The lowest BCUT2D eigenvalue weighted by Crippen LogP contribution is -2.27. The summed E-state index contributed by atoms with van der Waals surface area (Å²) in [7, 11) is 1.64. The average molecular weight is 500 g/mol. The average Bonchev–Trinajstić information content (AvgIpc) is 3.35. The highest BCUT2D eigenvalue weighted by Crippen LogP contribution is 2.22. The molecule has 2 heterocycles. The number of thioether (sulfide) groups is 1. The fourth-order valence-electron chi connectivity index (χ4n) is 4.06. The van der Waals surface area contributed by atoms with Crippen molar-refractivity contribution in [2.45, 2.75) is 18.1 Å². The third kappa shape index (κ3) is 4.96. The number of benzene rings is 3. The van der Waals surface area contributed by atoms with Crippen LogP contribution in [0.1, 0.15) is 11.1 Å². The molecule has 0 spiro atoms. The van der Waals surface area contributed by atoms with Crippen molar-refractivity contribution in [3.05, 3.63) is 100 Å². The van der Waals surface area contributed by atoms with E-state index in [1.54, 1.807) is 17.7 Å². The summed E-state index contributed by atoms with van der Waals surface area (Å²) in [6.07, 6.45) is 0.727. The van der Waals surface area contributed by atoms with Gasteiger partial charge in [0.2, 0.25) is 11.7 Å². The Balaban J connectivity index is 1.33. The molecule has 0 aliphatic heterocycles. The van der Waals surface area contributed by atoms with Crippen LogP contribution in [0.15, 0.2) is 88.8 Å². The first-order valence-electron chi connectivity index (χ1n) is 11.6. The highest BCUT2D eigenvalue weighted by molar-refractivity contribution is 7.99. The van der Waals surface area contributed by atoms with E-state index in [1.807, 2.05) is 77.2 Å². The first kappa shape index (κ1) is 23.6. The number of carbonyl (C=O) groups is 1. The van der Waals surface area contributed by atoms with E-state index < -0.39 is 0 Å². The van der Waals surface area contributed by atoms with Crippen LogP contribution in [0.5, 0.6) is 5.75 Å². The maximum absolute atomic E-state index is 13.3. The highest BCUT2D eigenvalue weighted by atomic mass is 32.2. The van der Waals surface area contributed by atoms with Crippen LogP contribution in [0.2, 0.25) is 0 Å². The minimum Gasteiger partial charge on any atom is -0.497 e. The molecule has 0 radical (unpaired) electrons. The lowest BCUT2D eigenvalue weighted by atomic mass is 10.1. The molecule has 0 saturated carbocycles. The number of hydrogen-bond donors (Lipinski definition) is 1. The number of ether oxygens (including phenoxy) is 1. The number of hydrogen-bond acceptors (Lipinski definition) is 6. The lowest BCUT2D eigenvalue weighted by molar-refractivity contribution is -0.118. The molecular weight excluding hydrogens is 474 g/mol. The van der Waals surface area contributed by atoms with Crippen molar-refractivity contribution >= 4 is 34.3 Å². The molecule has 0 bridgehead atoms. The van der Waals surface area contributed by atoms with Gasteiger partial charge in [-0.05, 0) is 41.8 Å². The SMILES string of the molecule is COc1ccc(CCNC(=O)CSc2nnc3n(Cc4ccccc4)c(=O)c4ccccc4n23)cc1. The molecule has 0 fully saturated rings. The second-order valence-corrected chi connectivity index (χ2v) is 9.19. The monoisotopic (exact) mass is 499 g/mol. The Morgan fingerprint density at radius 1 is 0.944 bits per heavy atom. The molecule has 5 rings (SSSR count). The molecule has 0 aliphatic carbocycles. The van der Waals surface area contributed by atoms with E-state index in [0.29, 0.717) is 34.9 Å². The molecule has 1 amide bonds. The Bertz CT molecular complexity index is 1560. The molecule has 8 nitrogen and oxygen atoms in total. The molecule has 0 aliphatic rings. The number of nitrogens with one attached hydrogen (secondary N) is 1. The summed E-state index contributed by atoms with van der Waals surface area (Å²) in [5.74, 6) is 1.36. The predicted octanol–water partition coefficient (Wildman–Crippen LogP) is 3.55. The zero-order chi connectivity index (χ0) is 24.9. The largest absolute Gasteiger partial charge is 0.497 e. The molecule has 0 saturated heterocycles. The van der Waals surface area contributed by atoms with Crippen molar-refractivity contribution in [1.29, 1.82) is 0 Å². The number of aromatic nitrogens is 4. The van der Waals surface area contributed by atoms with Crippen molar-refractivity contribution in [2.75, 3.05) is 19.4 Å². The van der Waals surface area contributed by atoms with E-state index in [9.17, 15) is 9.59 Å². The molecule has 0 atom stereocenters. The van der Waals surface area contributed by atoms with Crippen molar-refractivity contribution in [2.24, 2.45) is 0 Å². The van der Waals surface area contributed by atoms with Crippen LogP contribution in [0.4, 0.5) is 0 Å². The van der Waals surface area contributed by atoms with E-state index in [-0.39, 0.29) is 17.2 Å². The van der Waals surface area contributed by atoms with Crippen LogP contribution in [-0.2, 0) is 17.8 Å². The molecule has 182 valence electrons. The zero-order valence-corrected chi connectivity index (χ0v) is 20.6. The Hall–Kier alpha value is -4.11. The van der Waals surface area contributed by atoms with E-state index in [4.69, 9.17) is 4.74 Å². The second kappa shape index (κ2) is 10.7. The summed E-state index contributed by atoms with van der Waals surface area (Å²) in [6.45, 7) is 0.911. The Kier molecular flexibility index (Phi) is 6.99. The molecule has 36 heavy (non-hydrogen) atoms. The van der Waals surface area contributed by atoms with Crippen LogP contribution >= 0.6 is 11.8 Å². The Labute approximate surface area is 211 Å². The van der Waals surface area contributed by atoms with Gasteiger partial charge >= 0.3 is 0 Å². The third-order valence-corrected chi connectivity index (χ3v) is 6.82. The van der Waals surface area contributed by atoms with Gasteiger partial charge in [0.15, 0.2) is 5.16 Å². The second-order valence-electron chi connectivity index (χ2n) is 8.25. The molecule has 5 aromatic rings. The van der Waals surface area contributed by atoms with Crippen LogP contribution in [-0.4, -0.2) is 44.5 Å². The Morgan fingerprint density at radius 3 is 2.47 bits per heavy atom. The van der Waals surface area contributed by atoms with Crippen molar-refractivity contribution in [3.63, 3.8) is 0 Å². The van der Waals surface area contributed by atoms with E-state index in [2.05, 4.69) is 15.5 Å². The van der Waals surface area contributed by atoms with Gasteiger partial charge in [-0.3, -0.25) is 18.6 Å². The molecule has 1 N–H and O–H groups in total. The van der Waals surface area contributed by atoms with Crippen molar-refractivity contribution in [3.8, 4) is 5.75 Å². The van der Waals surface area contributed by atoms with Crippen LogP contribution in [0.3, 0.4) is 0 Å². The van der Waals surface area contributed by atoms with Crippen molar-refractivity contribution in [1.82, 2.24) is 24.5 Å². The number of fused-ring (bicyclic) bond motifs is 3. The molecular formula is C27H25N5O3S. The first-order chi connectivity index (χ1) is 17.6. The molecule has 9 heteroatoms. The number of amides is 1. The molecule has 0 unspecified atom stereocenters. The standard InChI is InChI=1S/C27H25N5O3S/c1-35-21-13-11-19(12-14-21)15-16-28-24(33)18-36-27-30-29-26-31(17-20-7-3-2-4-8-20)25(34)22-9-5-6-10-23(22)32(26)27/h2-14H,15-18H2,1H3,(H,28,33). The number of para-hydroxylation sites is 1. The summed E-state index contributed by atoms with van der Waals surface area (Å²) in [5.41, 5.74) is 2.71. The maximum Gasteiger partial charge on any atom is 0.263 e. The quantitative estimate of drug-likeness (QED) is 0.312. The first-order valence-corrected chi connectivity index (χ1v) is 12.6. The minimum atomic E-state index is -0.123. The Morgan fingerprint density at radius 2 is 1.69 bits per heavy atom. The molecule has 2 aromatic heterocycles. The summed E-state index contributed by atoms with van der Waals surface area (Å²) < 4.78 is 8.66. The number of nitrogens with zero attached hydrogens (tertiary/aromatic N) is 4. The summed E-state index contributed by atoms with van der Waals surface area (Å²) in [5, 5.41) is 12.8. The van der Waals surface area contributed by atoms with Gasteiger partial charge in [0.25, 0.3) is 5.56 Å². The van der Waals surface area contributed by atoms with E-state index >= 15 is 0 Å². The normalized spacial score (nSPS) is 11.1. The fraction of sp³-hybridized carbons (Fsp3) is 0.185. The molecule has 3 aromatic carbocycles. The number of methoxy groups -OCH3 is 1. The van der Waals surface area contributed by atoms with Crippen LogP contribution < -0.4 is 15.6 Å². The van der Waals surface area contributed by atoms with Crippen LogP contribution in [0, 0.1) is 0 Å². The topological polar surface area (TPSA) is 90.5 Å². The van der Waals surface area contributed by atoms with Gasteiger partial charge in [0.1, 0.15) is 5.75 Å². The maximum atomic E-state index is 13.3. The van der Waals surface area contributed by atoms with Gasteiger partial charge in [-0.2, -0.15) is 0 Å². The van der Waals surface area contributed by atoms with Gasteiger partial charge < -0.3 is 10.1 Å². The van der Waals surface area contributed by atoms with Gasteiger partial charge in [0.05, 0.1) is 30.3 Å². The van der Waals surface area contributed by atoms with E-state index in [0.717, 1.165) is 23.3 Å². The predicted molar refractivity (Wildman–Crippen MR) is 141 cm³/mol. The third-order valence-electron chi connectivity index (χ3n) is 5.89. The zero-order valence-electron chi connectivity index (χ0n) is 19.8. The number of carbonyl (C=O) groups excluding carboxylic acids is 1. The van der Waals surface area contributed by atoms with Gasteiger partial charge in [0, 0.05) is 6.54 Å². The summed E-state index contributed by atoms with van der Waals surface area (Å²) >= 11 is 1.30. The van der Waals surface area contributed by atoms with Crippen LogP contribution in [0.25, 0.3) is 16.7 Å². The summed E-state index contributed by atoms with van der Waals surface area (Å²) in [6, 6.07) is 25.0. The smallest absolute Gasteiger partial charge is 0.263 e. The van der Waals surface area contributed by atoms with Gasteiger partial charge in [-0.15, -0.1) is 10.2 Å². The summed E-state index contributed by atoms with van der Waals surface area (Å²) in [4.78, 5) is 25.8. The van der Waals surface area contributed by atoms with E-state index in [1.165, 1.54) is 11.8 Å².